The van der Waals surface area contributed by atoms with Gasteiger partial charge in [0.1, 0.15) is 11.5 Å². The van der Waals surface area contributed by atoms with Gasteiger partial charge in [0.15, 0.2) is 0 Å². The first kappa shape index (κ1) is 26.1. The van der Waals surface area contributed by atoms with Crippen LogP contribution in [-0.4, -0.2) is 13.2 Å². The van der Waals surface area contributed by atoms with Crippen LogP contribution in [-0.2, 0) is 6.42 Å². The highest BCUT2D eigenvalue weighted by Gasteiger charge is 2.09. The van der Waals surface area contributed by atoms with Crippen LogP contribution >= 0.6 is 0 Å². The van der Waals surface area contributed by atoms with Gasteiger partial charge in [-0.25, -0.2) is 0 Å². The second-order valence-corrected chi connectivity index (χ2v) is 8.24. The molecule has 0 aliphatic carbocycles. The zero-order chi connectivity index (χ0) is 23.1. The quantitative estimate of drug-likeness (QED) is 0.423. The van der Waals surface area contributed by atoms with Crippen LogP contribution in [0.4, 0.5) is 0 Å². The van der Waals surface area contributed by atoms with Gasteiger partial charge in [-0.05, 0) is 54.7 Å². The number of hydrogen-bond acceptors (Lipinski definition) is 3. The third-order valence-corrected chi connectivity index (χ3v) is 4.09. The van der Waals surface area contributed by atoms with E-state index in [1.807, 2.05) is 37.3 Å². The summed E-state index contributed by atoms with van der Waals surface area (Å²) >= 11 is 0. The lowest BCUT2D eigenvalue weighted by Crippen LogP contribution is -2.08. The SMILES string of the molecule is C=C/C=C(N)\C=C/C.CC(C)COc1ccc(OCC(C)C)c(Cc2ccccc2)c1. The molecule has 0 aliphatic heterocycles. The van der Waals surface area contributed by atoms with Crippen LogP contribution < -0.4 is 15.2 Å². The maximum absolute atomic E-state index is 6.00. The van der Waals surface area contributed by atoms with Crippen molar-refractivity contribution in [1.29, 1.82) is 0 Å². The molecule has 0 saturated carbocycles. The molecule has 0 heterocycles. The fourth-order valence-corrected chi connectivity index (χ4v) is 2.64. The zero-order valence-corrected chi connectivity index (χ0v) is 19.8. The fraction of sp³-hybridized carbons (Fsp3) is 0.357. The maximum Gasteiger partial charge on any atom is 0.123 e. The molecule has 3 nitrogen and oxygen atoms in total. The molecule has 2 rings (SSSR count). The number of nitrogens with two attached hydrogens (primary N) is 1. The Kier molecular flexibility index (Phi) is 12.6. The molecule has 0 aromatic heterocycles. The maximum atomic E-state index is 6.00. The zero-order valence-electron chi connectivity index (χ0n) is 19.8. The van der Waals surface area contributed by atoms with Gasteiger partial charge in [-0.3, -0.25) is 0 Å². The average Bonchev–Trinajstić information content (AvgIpc) is 2.73. The summed E-state index contributed by atoms with van der Waals surface area (Å²) in [7, 11) is 0. The van der Waals surface area contributed by atoms with Gasteiger partial charge >= 0.3 is 0 Å². The van der Waals surface area contributed by atoms with Crippen LogP contribution in [0.15, 0.2) is 85.1 Å². The molecular weight excluding hydrogens is 382 g/mol. The van der Waals surface area contributed by atoms with Gasteiger partial charge in [0.2, 0.25) is 0 Å². The summed E-state index contributed by atoms with van der Waals surface area (Å²) in [5, 5.41) is 0. The number of rotatable bonds is 10. The normalized spacial score (nSPS) is 11.4. The van der Waals surface area contributed by atoms with Gasteiger partial charge in [-0.15, -0.1) is 0 Å². The lowest BCUT2D eigenvalue weighted by Gasteiger charge is -2.16. The molecule has 0 aliphatic rings. The molecule has 31 heavy (non-hydrogen) atoms. The van der Waals surface area contributed by atoms with Crippen molar-refractivity contribution in [2.45, 2.75) is 41.0 Å². The smallest absolute Gasteiger partial charge is 0.123 e. The van der Waals surface area contributed by atoms with Gasteiger partial charge in [-0.1, -0.05) is 76.8 Å². The predicted molar refractivity (Wildman–Crippen MR) is 134 cm³/mol. The second-order valence-electron chi connectivity index (χ2n) is 8.24. The van der Waals surface area contributed by atoms with E-state index in [4.69, 9.17) is 15.2 Å². The molecule has 0 spiro atoms. The first-order valence-electron chi connectivity index (χ1n) is 11.0. The minimum absolute atomic E-state index is 0.511. The van der Waals surface area contributed by atoms with E-state index in [1.54, 1.807) is 12.2 Å². The average molecular weight is 422 g/mol. The van der Waals surface area contributed by atoms with E-state index in [2.05, 4.69) is 64.6 Å². The Morgan fingerprint density at radius 3 is 2.19 bits per heavy atom. The van der Waals surface area contributed by atoms with E-state index in [-0.39, 0.29) is 0 Å². The van der Waals surface area contributed by atoms with Crippen LogP contribution in [0, 0.1) is 11.8 Å². The second kappa shape index (κ2) is 15.0. The predicted octanol–water partition coefficient (Wildman–Crippen LogP) is 6.94. The molecule has 2 aromatic carbocycles. The Morgan fingerprint density at radius 1 is 0.968 bits per heavy atom. The minimum atomic E-state index is 0.511. The summed E-state index contributed by atoms with van der Waals surface area (Å²) in [5.41, 5.74) is 8.60. The van der Waals surface area contributed by atoms with Crippen LogP contribution in [0.25, 0.3) is 0 Å². The van der Waals surface area contributed by atoms with E-state index in [1.165, 1.54) is 11.1 Å². The summed E-state index contributed by atoms with van der Waals surface area (Å²) in [4.78, 5) is 0. The molecule has 0 saturated heterocycles. The van der Waals surface area contributed by atoms with Crippen LogP contribution in [0.2, 0.25) is 0 Å². The van der Waals surface area contributed by atoms with Crippen molar-refractivity contribution in [2.24, 2.45) is 17.6 Å². The topological polar surface area (TPSA) is 44.5 Å². The van der Waals surface area contributed by atoms with Crippen molar-refractivity contribution in [3.05, 3.63) is 96.2 Å². The highest BCUT2D eigenvalue weighted by molar-refractivity contribution is 5.43. The van der Waals surface area contributed by atoms with Gasteiger partial charge in [0.05, 0.1) is 13.2 Å². The first-order valence-corrected chi connectivity index (χ1v) is 11.0. The molecule has 2 aromatic rings. The number of allylic oxidation sites excluding steroid dienone is 4. The largest absolute Gasteiger partial charge is 0.493 e. The number of ether oxygens (including phenoxy) is 2. The number of benzene rings is 2. The summed E-state index contributed by atoms with van der Waals surface area (Å²) in [6.45, 7) is 15.5. The molecule has 3 heteroatoms. The van der Waals surface area contributed by atoms with Crippen molar-refractivity contribution >= 4 is 0 Å². The lowest BCUT2D eigenvalue weighted by molar-refractivity contribution is 0.262. The third-order valence-electron chi connectivity index (χ3n) is 4.09. The molecule has 0 amide bonds. The molecule has 0 fully saturated rings. The van der Waals surface area contributed by atoms with Gasteiger partial charge in [0, 0.05) is 17.7 Å². The first-order chi connectivity index (χ1) is 14.8. The van der Waals surface area contributed by atoms with Crippen LogP contribution in [0.3, 0.4) is 0 Å². The Hall–Kier alpha value is -2.94. The molecule has 0 radical (unpaired) electrons. The highest BCUT2D eigenvalue weighted by atomic mass is 16.5. The molecule has 0 bridgehead atoms. The minimum Gasteiger partial charge on any atom is -0.493 e. The summed E-state index contributed by atoms with van der Waals surface area (Å²) in [6, 6.07) is 16.6. The highest BCUT2D eigenvalue weighted by Crippen LogP contribution is 2.27. The Morgan fingerprint density at radius 2 is 1.61 bits per heavy atom. The Bertz CT molecular complexity index is 820. The van der Waals surface area contributed by atoms with E-state index in [0.717, 1.165) is 36.8 Å². The number of hydrogen-bond donors (Lipinski definition) is 1. The summed E-state index contributed by atoms with van der Waals surface area (Å²) in [5.74, 6) is 2.90. The molecular formula is C28H39NO2. The van der Waals surface area contributed by atoms with E-state index in [9.17, 15) is 0 Å². The molecule has 2 N–H and O–H groups in total. The standard InChI is InChI=1S/C21H28O2.C7H11N/c1-16(2)14-22-20-10-11-21(23-15-17(3)4)19(13-20)12-18-8-6-5-7-9-18;1-3-5-7(8)6-4-2/h5-11,13,16-17H,12,14-15H2,1-4H3;3-6H,1,8H2,2H3/b;6-4-,7-5+. The molecule has 0 unspecified atom stereocenters. The van der Waals surface area contributed by atoms with Crippen molar-refractivity contribution in [2.75, 3.05) is 13.2 Å². The summed E-state index contributed by atoms with van der Waals surface area (Å²) < 4.78 is 11.9. The van der Waals surface area contributed by atoms with E-state index < -0.39 is 0 Å². The third kappa shape index (κ3) is 11.7. The van der Waals surface area contributed by atoms with Crippen LogP contribution in [0.5, 0.6) is 11.5 Å². The monoisotopic (exact) mass is 421 g/mol. The Labute approximate surface area is 189 Å². The molecule has 168 valence electrons. The Balaban J connectivity index is 0.000000512. The summed E-state index contributed by atoms with van der Waals surface area (Å²) in [6.07, 6.45) is 7.97. The van der Waals surface area contributed by atoms with Gasteiger partial charge < -0.3 is 15.2 Å². The van der Waals surface area contributed by atoms with Gasteiger partial charge in [0.25, 0.3) is 0 Å². The van der Waals surface area contributed by atoms with Crippen molar-refractivity contribution < 1.29 is 9.47 Å². The molecule has 0 atom stereocenters. The van der Waals surface area contributed by atoms with E-state index in [0.29, 0.717) is 11.8 Å². The van der Waals surface area contributed by atoms with Gasteiger partial charge in [-0.2, -0.15) is 0 Å². The fourth-order valence-electron chi connectivity index (χ4n) is 2.64. The van der Waals surface area contributed by atoms with Crippen molar-refractivity contribution in [3.8, 4) is 11.5 Å². The van der Waals surface area contributed by atoms with Crippen LogP contribution in [0.1, 0.15) is 45.7 Å². The van der Waals surface area contributed by atoms with Crippen molar-refractivity contribution in [3.63, 3.8) is 0 Å². The van der Waals surface area contributed by atoms with E-state index >= 15 is 0 Å². The van der Waals surface area contributed by atoms with Crippen molar-refractivity contribution in [1.82, 2.24) is 0 Å². The lowest BCUT2D eigenvalue weighted by atomic mass is 10.0.